The fraction of sp³-hybridized carbons (Fsp3) is 0.231. The number of anilines is 1. The zero-order chi connectivity index (χ0) is 14.9. The normalized spacial score (nSPS) is 11.6. The molecule has 0 amide bonds. The molecule has 108 valence electrons. The van der Waals surface area contributed by atoms with Crippen molar-refractivity contribution in [2.45, 2.75) is 25.3 Å². The van der Waals surface area contributed by atoms with Crippen LogP contribution >= 0.6 is 11.3 Å². The van der Waals surface area contributed by atoms with Crippen LogP contribution in [0.2, 0.25) is 0 Å². The number of benzene rings is 1. The van der Waals surface area contributed by atoms with Crippen LogP contribution in [0.25, 0.3) is 0 Å². The zero-order valence-corrected chi connectivity index (χ0v) is 12.6. The highest BCUT2D eigenvalue weighted by molar-refractivity contribution is 7.93. The van der Waals surface area contributed by atoms with Crippen LogP contribution in [0.15, 0.2) is 28.5 Å². The summed E-state index contributed by atoms with van der Waals surface area (Å²) in [7, 11) is -3.93. The molecule has 20 heavy (non-hydrogen) atoms. The van der Waals surface area contributed by atoms with Gasteiger partial charge in [0.2, 0.25) is 0 Å². The van der Waals surface area contributed by atoms with Gasteiger partial charge in [-0.1, -0.05) is 12.1 Å². The van der Waals surface area contributed by atoms with Crippen LogP contribution in [-0.2, 0) is 16.6 Å². The Labute approximate surface area is 120 Å². The lowest BCUT2D eigenvalue weighted by Gasteiger charge is -2.12. The molecular weight excluding hydrogens is 301 g/mol. The van der Waals surface area contributed by atoms with E-state index in [1.54, 1.807) is 25.3 Å². The van der Waals surface area contributed by atoms with E-state index < -0.39 is 15.8 Å². The first kappa shape index (κ1) is 15.0. The lowest BCUT2D eigenvalue weighted by Crippen LogP contribution is -2.16. The number of aliphatic hydroxyl groups excluding tert-OH is 1. The van der Waals surface area contributed by atoms with Gasteiger partial charge >= 0.3 is 0 Å². The molecule has 0 bridgehead atoms. The van der Waals surface area contributed by atoms with Gasteiger partial charge in [0.15, 0.2) is 0 Å². The number of aliphatic hydroxyl groups is 1. The molecule has 4 nitrogen and oxygen atoms in total. The van der Waals surface area contributed by atoms with Crippen LogP contribution in [0, 0.1) is 19.7 Å². The lowest BCUT2D eigenvalue weighted by molar-refractivity contribution is 0.282. The highest BCUT2D eigenvalue weighted by Crippen LogP contribution is 2.30. The number of hydrogen-bond acceptors (Lipinski definition) is 4. The van der Waals surface area contributed by atoms with E-state index in [4.69, 9.17) is 0 Å². The number of para-hydroxylation sites is 1. The molecule has 0 aliphatic rings. The Morgan fingerprint density at radius 3 is 2.60 bits per heavy atom. The molecule has 0 unspecified atom stereocenters. The first-order valence-electron chi connectivity index (χ1n) is 5.82. The van der Waals surface area contributed by atoms with Gasteiger partial charge in [-0.25, -0.2) is 12.8 Å². The summed E-state index contributed by atoms with van der Waals surface area (Å²) < 4.78 is 40.8. The molecule has 2 N–H and O–H groups in total. The van der Waals surface area contributed by atoms with Gasteiger partial charge in [-0.05, 0) is 36.4 Å². The third kappa shape index (κ3) is 2.70. The fourth-order valence-corrected chi connectivity index (χ4v) is 4.71. The van der Waals surface area contributed by atoms with Crippen LogP contribution in [-0.4, -0.2) is 13.5 Å². The molecule has 1 heterocycles. The Morgan fingerprint density at radius 1 is 1.30 bits per heavy atom. The fourth-order valence-electron chi connectivity index (χ4n) is 1.90. The Hall–Kier alpha value is -1.44. The summed E-state index contributed by atoms with van der Waals surface area (Å²) in [6, 6.07) is 4.32. The number of halogens is 1. The standard InChI is InChI=1S/C13H14FNO3S2/c1-8-4-3-5-10(14)12(8)15-20(17,18)13-9(2)7-19-11(13)6-16/h3-5,7,15-16H,6H2,1-2H3. The molecule has 0 aliphatic carbocycles. The Kier molecular flexibility index (Phi) is 4.12. The predicted molar refractivity (Wildman–Crippen MR) is 76.9 cm³/mol. The van der Waals surface area contributed by atoms with E-state index in [1.165, 1.54) is 12.1 Å². The first-order valence-corrected chi connectivity index (χ1v) is 8.19. The SMILES string of the molecule is Cc1cccc(F)c1NS(=O)(=O)c1c(C)csc1CO. The second-order valence-corrected chi connectivity index (χ2v) is 6.95. The summed E-state index contributed by atoms with van der Waals surface area (Å²) in [6.45, 7) is 2.89. The van der Waals surface area contributed by atoms with Crippen molar-refractivity contribution in [1.82, 2.24) is 0 Å². The van der Waals surface area contributed by atoms with Crippen LogP contribution in [0.1, 0.15) is 16.0 Å². The minimum Gasteiger partial charge on any atom is -0.391 e. The highest BCUT2D eigenvalue weighted by atomic mass is 32.2. The van der Waals surface area contributed by atoms with E-state index in [-0.39, 0.29) is 17.2 Å². The van der Waals surface area contributed by atoms with E-state index >= 15 is 0 Å². The van der Waals surface area contributed by atoms with Crippen molar-refractivity contribution >= 4 is 27.0 Å². The minimum absolute atomic E-state index is 0.0210. The maximum atomic E-state index is 13.7. The Balaban J connectivity index is 2.49. The monoisotopic (exact) mass is 315 g/mol. The topological polar surface area (TPSA) is 66.4 Å². The van der Waals surface area contributed by atoms with Crippen molar-refractivity contribution in [2.24, 2.45) is 0 Å². The van der Waals surface area contributed by atoms with Gasteiger partial charge in [0.1, 0.15) is 10.7 Å². The number of rotatable bonds is 4. The van der Waals surface area contributed by atoms with E-state index in [1.807, 2.05) is 0 Å². The molecule has 0 radical (unpaired) electrons. The molecule has 0 atom stereocenters. The van der Waals surface area contributed by atoms with Crippen LogP contribution < -0.4 is 4.72 Å². The number of sulfonamides is 1. The number of nitrogens with one attached hydrogen (secondary N) is 1. The largest absolute Gasteiger partial charge is 0.391 e. The molecular formula is C13H14FNO3S2. The maximum absolute atomic E-state index is 13.7. The summed E-state index contributed by atoms with van der Waals surface area (Å²) >= 11 is 1.16. The second-order valence-electron chi connectivity index (χ2n) is 4.37. The number of aryl methyl sites for hydroxylation is 2. The van der Waals surface area contributed by atoms with Gasteiger partial charge in [0.05, 0.1) is 17.2 Å². The van der Waals surface area contributed by atoms with Gasteiger partial charge in [0.25, 0.3) is 10.0 Å². The van der Waals surface area contributed by atoms with Crippen molar-refractivity contribution in [1.29, 1.82) is 0 Å². The lowest BCUT2D eigenvalue weighted by atomic mass is 10.2. The van der Waals surface area contributed by atoms with Gasteiger partial charge in [-0.15, -0.1) is 11.3 Å². The molecule has 7 heteroatoms. The van der Waals surface area contributed by atoms with Crippen molar-refractivity contribution in [2.75, 3.05) is 4.72 Å². The molecule has 0 saturated heterocycles. The number of hydrogen-bond donors (Lipinski definition) is 2. The molecule has 2 aromatic rings. The van der Waals surface area contributed by atoms with Crippen molar-refractivity contribution in [3.05, 3.63) is 45.4 Å². The smallest absolute Gasteiger partial charge is 0.263 e. The maximum Gasteiger partial charge on any atom is 0.263 e. The number of thiophene rings is 1. The average molecular weight is 315 g/mol. The molecule has 0 fully saturated rings. The second kappa shape index (κ2) is 5.51. The minimum atomic E-state index is -3.93. The summed E-state index contributed by atoms with van der Waals surface area (Å²) in [6.07, 6.45) is 0. The summed E-state index contributed by atoms with van der Waals surface area (Å²) in [4.78, 5) is 0.358. The third-order valence-corrected chi connectivity index (χ3v) is 5.66. The van der Waals surface area contributed by atoms with Crippen LogP contribution in [0.5, 0.6) is 0 Å². The van der Waals surface area contributed by atoms with Gasteiger partial charge < -0.3 is 5.11 Å². The first-order chi connectivity index (χ1) is 9.36. The van der Waals surface area contributed by atoms with Crippen LogP contribution in [0.4, 0.5) is 10.1 Å². The summed E-state index contributed by atoms with van der Waals surface area (Å²) in [5.41, 5.74) is 0.953. The van der Waals surface area contributed by atoms with Gasteiger partial charge in [0, 0.05) is 0 Å². The van der Waals surface area contributed by atoms with Crippen molar-refractivity contribution in [3.8, 4) is 0 Å². The third-order valence-electron chi connectivity index (χ3n) is 2.86. The summed E-state index contributed by atoms with van der Waals surface area (Å²) in [5.74, 6) is -0.632. The zero-order valence-electron chi connectivity index (χ0n) is 11.0. The Morgan fingerprint density at radius 2 is 2.00 bits per heavy atom. The van der Waals surface area contributed by atoms with E-state index in [2.05, 4.69) is 4.72 Å². The van der Waals surface area contributed by atoms with Crippen LogP contribution in [0.3, 0.4) is 0 Å². The van der Waals surface area contributed by atoms with Crippen molar-refractivity contribution in [3.63, 3.8) is 0 Å². The van der Waals surface area contributed by atoms with E-state index in [0.29, 0.717) is 16.0 Å². The highest BCUT2D eigenvalue weighted by Gasteiger charge is 2.24. The van der Waals surface area contributed by atoms with E-state index in [0.717, 1.165) is 11.3 Å². The molecule has 0 spiro atoms. The predicted octanol–water partition coefficient (Wildman–Crippen LogP) is 2.80. The molecule has 1 aromatic carbocycles. The molecule has 2 rings (SSSR count). The molecule has 0 aliphatic heterocycles. The Bertz CT molecular complexity index is 718. The van der Waals surface area contributed by atoms with Gasteiger partial charge in [-0.2, -0.15) is 0 Å². The average Bonchev–Trinajstić information content (AvgIpc) is 2.76. The molecule has 1 aromatic heterocycles. The van der Waals surface area contributed by atoms with E-state index in [9.17, 15) is 17.9 Å². The molecule has 0 saturated carbocycles. The van der Waals surface area contributed by atoms with Crippen molar-refractivity contribution < 1.29 is 17.9 Å². The quantitative estimate of drug-likeness (QED) is 0.912. The van der Waals surface area contributed by atoms with Gasteiger partial charge in [-0.3, -0.25) is 4.72 Å². The summed E-state index contributed by atoms with van der Waals surface area (Å²) in [5, 5.41) is 10.9.